The van der Waals surface area contributed by atoms with Crippen molar-refractivity contribution in [1.82, 2.24) is 15.1 Å². The van der Waals surface area contributed by atoms with Gasteiger partial charge in [0.2, 0.25) is 0 Å². The Kier molecular flexibility index (Phi) is 7.89. The van der Waals surface area contributed by atoms with Crippen LogP contribution in [-0.4, -0.2) is 49.5 Å². The third-order valence-corrected chi connectivity index (χ3v) is 5.08. The number of aliphatic hydroxyl groups is 1. The summed E-state index contributed by atoms with van der Waals surface area (Å²) in [5.74, 6) is -0.0830. The Bertz CT molecular complexity index is 1050. The molecule has 176 valence electrons. The van der Waals surface area contributed by atoms with Crippen LogP contribution < -0.4 is 4.74 Å². The van der Waals surface area contributed by atoms with E-state index < -0.39 is 17.6 Å². The number of carbonyl (C=O) groups excluding carboxylic acids is 1. The van der Waals surface area contributed by atoms with Crippen LogP contribution in [-0.2, 0) is 11.3 Å². The number of hydrogen-bond donors (Lipinski definition) is 3. The lowest BCUT2D eigenvalue weighted by atomic mass is 10.1. The maximum Gasteiger partial charge on any atom is 0.303 e. The van der Waals surface area contributed by atoms with Gasteiger partial charge in [-0.05, 0) is 51.3 Å². The summed E-state index contributed by atoms with van der Waals surface area (Å²) in [4.78, 5) is 25.2. The van der Waals surface area contributed by atoms with Crippen molar-refractivity contribution in [1.29, 1.82) is 0 Å². The number of carboxylic acid groups (broad SMARTS) is 1. The Labute approximate surface area is 192 Å². The number of aliphatic carboxylic acids is 1. The largest absolute Gasteiger partial charge is 0.493 e. The van der Waals surface area contributed by atoms with Gasteiger partial charge in [0.15, 0.2) is 11.5 Å². The van der Waals surface area contributed by atoms with Gasteiger partial charge >= 0.3 is 5.97 Å². The number of aromatic amines is 1. The third-order valence-electron chi connectivity index (χ3n) is 5.08. The van der Waals surface area contributed by atoms with Gasteiger partial charge in [-0.3, -0.25) is 14.7 Å². The minimum Gasteiger partial charge on any atom is -0.493 e. The highest BCUT2D eigenvalue weighted by Gasteiger charge is 2.31. The van der Waals surface area contributed by atoms with Crippen LogP contribution >= 0.6 is 0 Å². The molecular formula is C24H29N3O6. The lowest BCUT2D eigenvalue weighted by Gasteiger charge is -2.34. The summed E-state index contributed by atoms with van der Waals surface area (Å²) in [6.45, 7) is 3.62. The van der Waals surface area contributed by atoms with Crippen molar-refractivity contribution in [3.63, 3.8) is 0 Å². The zero-order valence-electron chi connectivity index (χ0n) is 18.8. The molecule has 3 aromatic rings. The second kappa shape index (κ2) is 10.8. The Balaban J connectivity index is 1.70. The Morgan fingerprint density at radius 2 is 1.94 bits per heavy atom. The molecule has 3 N–H and O–H groups in total. The second-order valence-corrected chi connectivity index (χ2v) is 8.19. The molecule has 0 fully saturated rings. The second-order valence-electron chi connectivity index (χ2n) is 8.19. The maximum atomic E-state index is 13.2. The van der Waals surface area contributed by atoms with Gasteiger partial charge in [0.1, 0.15) is 17.2 Å². The van der Waals surface area contributed by atoms with Gasteiger partial charge in [-0.1, -0.05) is 18.2 Å². The lowest BCUT2D eigenvalue weighted by Crippen LogP contribution is -2.47. The summed E-state index contributed by atoms with van der Waals surface area (Å²) in [6.07, 6.45) is 3.75. The number of carboxylic acids is 1. The highest BCUT2D eigenvalue weighted by Crippen LogP contribution is 2.26. The zero-order valence-corrected chi connectivity index (χ0v) is 18.8. The number of nitrogens with one attached hydrogen (secondary N) is 1. The molecule has 2 heterocycles. The van der Waals surface area contributed by atoms with Crippen molar-refractivity contribution >= 4 is 11.9 Å². The van der Waals surface area contributed by atoms with Gasteiger partial charge in [-0.2, -0.15) is 5.10 Å². The van der Waals surface area contributed by atoms with E-state index in [1.165, 1.54) is 25.0 Å². The normalized spacial score (nSPS) is 11.4. The first kappa shape index (κ1) is 24.1. The van der Waals surface area contributed by atoms with Crippen LogP contribution in [0.5, 0.6) is 5.75 Å². The fraction of sp³-hybridized carbons (Fsp3) is 0.375. The first-order valence-electron chi connectivity index (χ1n) is 10.8. The van der Waals surface area contributed by atoms with Gasteiger partial charge in [-0.15, -0.1) is 0 Å². The van der Waals surface area contributed by atoms with Crippen molar-refractivity contribution in [2.24, 2.45) is 0 Å². The van der Waals surface area contributed by atoms with Crippen molar-refractivity contribution in [3.05, 3.63) is 60.0 Å². The Morgan fingerprint density at radius 3 is 2.64 bits per heavy atom. The topological polar surface area (TPSA) is 129 Å². The molecule has 0 bridgehead atoms. The van der Waals surface area contributed by atoms with Crippen LogP contribution in [0.15, 0.2) is 53.1 Å². The summed E-state index contributed by atoms with van der Waals surface area (Å²) in [6, 6.07) is 12.4. The van der Waals surface area contributed by atoms with E-state index in [0.717, 1.165) is 18.4 Å². The van der Waals surface area contributed by atoms with Gasteiger partial charge in [0, 0.05) is 18.1 Å². The van der Waals surface area contributed by atoms with Gasteiger partial charge in [-0.25, -0.2) is 0 Å². The molecular weight excluding hydrogens is 426 g/mol. The number of amides is 1. The fourth-order valence-corrected chi connectivity index (χ4v) is 3.32. The predicted octanol–water partition coefficient (Wildman–Crippen LogP) is 4.06. The number of para-hydroxylation sites is 1. The summed E-state index contributed by atoms with van der Waals surface area (Å²) in [5.41, 5.74) is -0.00324. The molecule has 0 spiro atoms. The molecule has 0 unspecified atom stereocenters. The van der Waals surface area contributed by atoms with E-state index in [4.69, 9.17) is 14.3 Å². The molecule has 0 atom stereocenters. The first-order valence-corrected chi connectivity index (χ1v) is 10.8. The molecule has 9 heteroatoms. The molecule has 0 aliphatic rings. The number of hydrogen-bond acceptors (Lipinski definition) is 6. The Hall–Kier alpha value is -3.59. The van der Waals surface area contributed by atoms with E-state index in [9.17, 15) is 14.7 Å². The van der Waals surface area contributed by atoms with Crippen LogP contribution in [0.25, 0.3) is 11.5 Å². The predicted molar refractivity (Wildman–Crippen MR) is 121 cm³/mol. The first-order chi connectivity index (χ1) is 15.8. The van der Waals surface area contributed by atoms with E-state index in [0.29, 0.717) is 30.2 Å². The molecule has 0 aliphatic heterocycles. The number of nitrogens with zero attached hydrogens (tertiary/aromatic N) is 2. The van der Waals surface area contributed by atoms with Crippen molar-refractivity contribution in [2.45, 2.75) is 51.8 Å². The maximum absolute atomic E-state index is 13.2. The number of ether oxygens (including phenoxy) is 1. The minimum absolute atomic E-state index is 0.112. The van der Waals surface area contributed by atoms with Crippen molar-refractivity contribution in [2.75, 3.05) is 6.61 Å². The number of H-pyrrole nitrogens is 1. The summed E-state index contributed by atoms with van der Waals surface area (Å²) in [7, 11) is 0. The van der Waals surface area contributed by atoms with Crippen LogP contribution in [0.1, 0.15) is 55.6 Å². The number of unbranched alkanes of at least 4 members (excludes halogenated alkanes) is 2. The molecule has 0 radical (unpaired) electrons. The lowest BCUT2D eigenvalue weighted by molar-refractivity contribution is -0.137. The van der Waals surface area contributed by atoms with Gasteiger partial charge in [0.05, 0.1) is 19.4 Å². The van der Waals surface area contributed by atoms with Gasteiger partial charge in [0.25, 0.3) is 5.91 Å². The van der Waals surface area contributed by atoms with Gasteiger partial charge < -0.3 is 24.3 Å². The average molecular weight is 456 g/mol. The molecule has 1 aromatic carbocycles. The van der Waals surface area contributed by atoms with E-state index in [1.807, 2.05) is 24.3 Å². The monoisotopic (exact) mass is 455 g/mol. The average Bonchev–Trinajstić information content (AvgIpc) is 3.45. The van der Waals surface area contributed by atoms with E-state index in [2.05, 4.69) is 10.2 Å². The van der Waals surface area contributed by atoms with Crippen LogP contribution in [0.4, 0.5) is 0 Å². The molecule has 33 heavy (non-hydrogen) atoms. The van der Waals surface area contributed by atoms with Crippen LogP contribution in [0, 0.1) is 0 Å². The molecule has 2 aromatic heterocycles. The van der Waals surface area contributed by atoms with Crippen molar-refractivity contribution in [3.8, 4) is 17.2 Å². The number of furan rings is 1. The molecule has 0 saturated heterocycles. The standard InChI is InChI=1S/C24H29N3O6/c1-24(2,31)27(23(30)19-15-18(25-26-19)21-11-8-14-33-21)16-17-9-5-6-10-20(17)32-13-7-3-4-12-22(28)29/h5-6,8-11,14-15,31H,3-4,7,12-13,16H2,1-2H3,(H,25,26)(H,28,29). The number of carbonyl (C=O) groups is 2. The SMILES string of the molecule is CC(C)(O)N(Cc1ccccc1OCCCCCC(=O)O)C(=O)c1cc(-c2ccco2)[nH]n1. The van der Waals surface area contributed by atoms with E-state index in [-0.39, 0.29) is 18.7 Å². The van der Waals surface area contributed by atoms with Crippen molar-refractivity contribution < 1.29 is 29.0 Å². The quantitative estimate of drug-likeness (QED) is 0.277. The fourth-order valence-electron chi connectivity index (χ4n) is 3.32. The molecule has 9 nitrogen and oxygen atoms in total. The van der Waals surface area contributed by atoms with Crippen LogP contribution in [0.2, 0.25) is 0 Å². The number of rotatable bonds is 12. The molecule has 1 amide bonds. The number of benzene rings is 1. The minimum atomic E-state index is -1.45. The summed E-state index contributed by atoms with van der Waals surface area (Å²) >= 11 is 0. The molecule has 0 saturated carbocycles. The Morgan fingerprint density at radius 1 is 1.15 bits per heavy atom. The summed E-state index contributed by atoms with van der Waals surface area (Å²) in [5, 5.41) is 26.3. The van der Waals surface area contributed by atoms with E-state index in [1.54, 1.807) is 18.2 Å². The number of aromatic nitrogens is 2. The third kappa shape index (κ3) is 6.69. The smallest absolute Gasteiger partial charge is 0.303 e. The zero-order chi connectivity index (χ0) is 23.8. The highest BCUT2D eigenvalue weighted by molar-refractivity contribution is 5.93. The molecule has 0 aliphatic carbocycles. The molecule has 3 rings (SSSR count). The highest BCUT2D eigenvalue weighted by atomic mass is 16.5. The van der Waals surface area contributed by atoms with Crippen LogP contribution in [0.3, 0.4) is 0 Å². The van der Waals surface area contributed by atoms with E-state index >= 15 is 0 Å². The summed E-state index contributed by atoms with van der Waals surface area (Å²) < 4.78 is 11.2.